The number of nitrogens with zero attached hydrogens (tertiary/aromatic N) is 2. The molecule has 1 aliphatic rings. The molecule has 1 heterocycles. The molecule has 0 N–H and O–H groups in total. The molecular weight excluding hydrogens is 296 g/mol. The van der Waals surface area contributed by atoms with Gasteiger partial charge in [-0.15, -0.1) is 0 Å². The van der Waals surface area contributed by atoms with E-state index in [0.29, 0.717) is 4.90 Å². The van der Waals surface area contributed by atoms with E-state index in [0.717, 1.165) is 4.90 Å². The lowest BCUT2D eigenvalue weighted by molar-refractivity contribution is -0.123. The fraction of sp³-hybridized carbons (Fsp3) is 0.0588. The first-order valence-corrected chi connectivity index (χ1v) is 6.93. The zero-order valence-electron chi connectivity index (χ0n) is 12.0. The normalized spacial score (nSPS) is 14.3. The third-order valence-corrected chi connectivity index (χ3v) is 3.45. The van der Waals surface area contributed by atoms with Gasteiger partial charge >= 0.3 is 6.03 Å². The molecule has 0 aliphatic carbocycles. The van der Waals surface area contributed by atoms with E-state index in [4.69, 9.17) is 0 Å². The monoisotopic (exact) mass is 308 g/mol. The Kier molecular flexibility index (Phi) is 3.72. The van der Waals surface area contributed by atoms with Gasteiger partial charge in [0.1, 0.15) is 6.54 Å². The van der Waals surface area contributed by atoms with Gasteiger partial charge < -0.3 is 0 Å². The maximum atomic E-state index is 12.3. The van der Waals surface area contributed by atoms with Crippen LogP contribution in [-0.4, -0.2) is 40.1 Å². The Labute approximate surface area is 131 Å². The van der Waals surface area contributed by atoms with Gasteiger partial charge in [-0.3, -0.25) is 14.4 Å². The summed E-state index contributed by atoms with van der Waals surface area (Å²) < 4.78 is 0. The predicted octanol–water partition coefficient (Wildman–Crippen LogP) is 1.93. The van der Waals surface area contributed by atoms with Crippen LogP contribution in [0.1, 0.15) is 20.7 Å². The Bertz CT molecular complexity index is 787. The summed E-state index contributed by atoms with van der Waals surface area (Å²) in [5.41, 5.74) is 0.492. The van der Waals surface area contributed by atoms with E-state index in [1.165, 1.54) is 12.1 Å². The number of benzene rings is 2. The van der Waals surface area contributed by atoms with Gasteiger partial charge in [0, 0.05) is 11.1 Å². The molecule has 6 heteroatoms. The van der Waals surface area contributed by atoms with Crippen molar-refractivity contribution in [3.8, 4) is 0 Å². The first-order valence-electron chi connectivity index (χ1n) is 6.93. The Morgan fingerprint density at radius 2 is 1.22 bits per heavy atom. The number of urea groups is 1. The van der Waals surface area contributed by atoms with Gasteiger partial charge in [-0.05, 0) is 24.3 Å². The second-order valence-electron chi connectivity index (χ2n) is 4.94. The van der Waals surface area contributed by atoms with Gasteiger partial charge in [0.05, 0.1) is 0 Å². The topological polar surface area (TPSA) is 74.8 Å². The Morgan fingerprint density at radius 3 is 1.74 bits per heavy atom. The van der Waals surface area contributed by atoms with E-state index in [9.17, 15) is 19.2 Å². The fourth-order valence-electron chi connectivity index (χ4n) is 2.31. The van der Waals surface area contributed by atoms with Crippen LogP contribution >= 0.6 is 0 Å². The number of carbonyl (C=O) groups excluding carboxylic acids is 4. The van der Waals surface area contributed by atoms with Crippen LogP contribution in [0.4, 0.5) is 4.79 Å². The number of amides is 5. The van der Waals surface area contributed by atoms with Gasteiger partial charge in [-0.2, -0.15) is 4.90 Å². The zero-order chi connectivity index (χ0) is 16.4. The maximum Gasteiger partial charge on any atom is 0.341 e. The molecule has 1 saturated heterocycles. The van der Waals surface area contributed by atoms with E-state index in [1.807, 2.05) is 0 Å². The van der Waals surface area contributed by atoms with Crippen molar-refractivity contribution >= 4 is 23.8 Å². The molecule has 0 spiro atoms. The number of rotatable bonds is 2. The van der Waals surface area contributed by atoms with Crippen molar-refractivity contribution in [2.45, 2.75) is 0 Å². The minimum atomic E-state index is -0.919. The molecule has 6 nitrogen and oxygen atoms in total. The van der Waals surface area contributed by atoms with Gasteiger partial charge in [0.15, 0.2) is 0 Å². The van der Waals surface area contributed by atoms with Crippen molar-refractivity contribution in [3.63, 3.8) is 0 Å². The smallest absolute Gasteiger partial charge is 0.272 e. The van der Waals surface area contributed by atoms with E-state index in [1.54, 1.807) is 48.5 Å². The third-order valence-electron chi connectivity index (χ3n) is 3.45. The third kappa shape index (κ3) is 2.62. The average molecular weight is 308 g/mol. The largest absolute Gasteiger partial charge is 0.341 e. The molecule has 0 saturated carbocycles. The molecule has 114 valence electrons. The molecule has 5 amide bonds. The molecule has 0 aromatic heterocycles. The van der Waals surface area contributed by atoms with Crippen molar-refractivity contribution in [3.05, 3.63) is 71.8 Å². The van der Waals surface area contributed by atoms with Crippen LogP contribution in [0.5, 0.6) is 0 Å². The molecule has 2 aromatic rings. The zero-order valence-corrected chi connectivity index (χ0v) is 12.0. The van der Waals surface area contributed by atoms with E-state index in [-0.39, 0.29) is 11.1 Å². The maximum absolute atomic E-state index is 12.3. The fourth-order valence-corrected chi connectivity index (χ4v) is 2.31. The van der Waals surface area contributed by atoms with Crippen molar-refractivity contribution < 1.29 is 19.2 Å². The van der Waals surface area contributed by atoms with Crippen LogP contribution < -0.4 is 0 Å². The minimum absolute atomic E-state index is 0.211. The molecular formula is C17H12N2O4. The van der Waals surface area contributed by atoms with Gasteiger partial charge in [0.2, 0.25) is 0 Å². The molecule has 0 atom stereocenters. The lowest BCUT2D eigenvalue weighted by Crippen LogP contribution is -2.40. The summed E-state index contributed by atoms with van der Waals surface area (Å²) in [5, 5.41) is 0. The summed E-state index contributed by atoms with van der Waals surface area (Å²) in [5.74, 6) is -2.05. The highest BCUT2D eigenvalue weighted by Gasteiger charge is 2.43. The SMILES string of the molecule is O=C(c1ccccc1)N1CC(=O)N(C(=O)c2ccccc2)C1=O. The first-order chi connectivity index (χ1) is 11.1. The summed E-state index contributed by atoms with van der Waals surface area (Å²) in [6, 6.07) is 15.2. The van der Waals surface area contributed by atoms with E-state index < -0.39 is 30.3 Å². The second kappa shape index (κ2) is 5.84. The van der Waals surface area contributed by atoms with Crippen LogP contribution in [0.2, 0.25) is 0 Å². The molecule has 0 unspecified atom stereocenters. The summed E-state index contributed by atoms with van der Waals surface area (Å²) in [4.78, 5) is 50.3. The molecule has 1 aliphatic heterocycles. The van der Waals surface area contributed by atoms with Crippen molar-refractivity contribution in [2.24, 2.45) is 0 Å². The van der Waals surface area contributed by atoms with Crippen molar-refractivity contribution in [1.82, 2.24) is 9.80 Å². The van der Waals surface area contributed by atoms with Gasteiger partial charge in [-0.1, -0.05) is 36.4 Å². The summed E-state index contributed by atoms with van der Waals surface area (Å²) in [6.45, 7) is -0.439. The highest BCUT2D eigenvalue weighted by molar-refractivity contribution is 6.24. The van der Waals surface area contributed by atoms with Crippen LogP contribution in [-0.2, 0) is 4.79 Å². The van der Waals surface area contributed by atoms with Crippen LogP contribution in [0, 0.1) is 0 Å². The highest BCUT2D eigenvalue weighted by atomic mass is 16.2. The van der Waals surface area contributed by atoms with E-state index in [2.05, 4.69) is 0 Å². The Hall–Kier alpha value is -3.28. The predicted molar refractivity (Wildman–Crippen MR) is 80.5 cm³/mol. The molecule has 0 radical (unpaired) electrons. The highest BCUT2D eigenvalue weighted by Crippen LogP contribution is 2.17. The quantitative estimate of drug-likeness (QED) is 0.627. The Morgan fingerprint density at radius 1 is 0.739 bits per heavy atom. The number of carbonyl (C=O) groups is 4. The average Bonchev–Trinajstić information content (AvgIpc) is 2.89. The van der Waals surface area contributed by atoms with Gasteiger partial charge in [0.25, 0.3) is 17.7 Å². The summed E-state index contributed by atoms with van der Waals surface area (Å²) >= 11 is 0. The minimum Gasteiger partial charge on any atom is -0.272 e. The number of hydrogen-bond donors (Lipinski definition) is 0. The summed E-state index contributed by atoms with van der Waals surface area (Å²) in [6.07, 6.45) is 0. The molecule has 1 fully saturated rings. The lowest BCUT2D eigenvalue weighted by atomic mass is 10.2. The van der Waals surface area contributed by atoms with Crippen molar-refractivity contribution in [1.29, 1.82) is 0 Å². The lowest BCUT2D eigenvalue weighted by Gasteiger charge is -2.14. The van der Waals surface area contributed by atoms with Crippen LogP contribution in [0.15, 0.2) is 60.7 Å². The van der Waals surface area contributed by atoms with Crippen LogP contribution in [0.25, 0.3) is 0 Å². The standard InChI is InChI=1S/C17H12N2O4/c20-14-11-18(15(21)12-7-3-1-4-8-12)17(23)19(14)16(22)13-9-5-2-6-10-13/h1-10H,11H2. The number of hydrogen-bond acceptors (Lipinski definition) is 4. The molecule has 3 rings (SSSR count). The van der Waals surface area contributed by atoms with E-state index >= 15 is 0 Å². The Balaban J connectivity index is 1.86. The van der Waals surface area contributed by atoms with Crippen molar-refractivity contribution in [2.75, 3.05) is 6.54 Å². The second-order valence-corrected chi connectivity index (χ2v) is 4.94. The molecule has 0 bridgehead atoms. The number of imide groups is 4. The molecule has 2 aromatic carbocycles. The summed E-state index contributed by atoms with van der Waals surface area (Å²) in [7, 11) is 0. The molecule has 23 heavy (non-hydrogen) atoms. The van der Waals surface area contributed by atoms with Gasteiger partial charge in [-0.25, -0.2) is 9.69 Å². The first kappa shape index (κ1) is 14.6. The van der Waals surface area contributed by atoms with Crippen LogP contribution in [0.3, 0.4) is 0 Å².